The third kappa shape index (κ3) is 2.51. The lowest BCUT2D eigenvalue weighted by atomic mass is 9.75. The van der Waals surface area contributed by atoms with E-state index < -0.39 is 11.7 Å². The minimum Gasteiger partial charge on any atom is -0.390 e. The first-order valence-corrected chi connectivity index (χ1v) is 13.0. The Balaban J connectivity index is 1.43. The smallest absolute Gasteiger partial charge is 0.123 e. The number of nitrogens with zero attached hydrogens (tertiary/aromatic N) is 3. The number of aliphatic hydroxyl groups is 1. The number of aliphatic hydroxyl groups excluding tert-OH is 1. The summed E-state index contributed by atoms with van der Waals surface area (Å²) in [6.45, 7) is 13.2. The van der Waals surface area contributed by atoms with Crippen LogP contribution in [0, 0.1) is 20.8 Å². The minimum absolute atomic E-state index is 0.00605. The van der Waals surface area contributed by atoms with Crippen LogP contribution in [-0.4, -0.2) is 36.6 Å². The van der Waals surface area contributed by atoms with Crippen molar-refractivity contribution in [2.75, 3.05) is 0 Å². The minimum atomic E-state index is -0.733. The summed E-state index contributed by atoms with van der Waals surface area (Å²) in [5, 5.41) is 11.2. The SMILES string of the molecule is Cc1ccc2n1[C@@H]1[C@@H]3O[C@]([C@H](C)O)(C=C2)[C@H]1c1cc([C@@H]2C=Cc4ccc(C)n4[C@@H]2C)c(C)n1[C@@H]3C. The van der Waals surface area contributed by atoms with Crippen molar-refractivity contribution < 1.29 is 9.84 Å². The van der Waals surface area contributed by atoms with Crippen molar-refractivity contribution in [3.05, 3.63) is 82.2 Å². The second kappa shape index (κ2) is 6.92. The molecule has 0 unspecified atom stereocenters. The highest BCUT2D eigenvalue weighted by molar-refractivity contribution is 5.57. The zero-order valence-corrected chi connectivity index (χ0v) is 21.4. The van der Waals surface area contributed by atoms with E-state index in [1.807, 2.05) is 6.92 Å². The van der Waals surface area contributed by atoms with Crippen LogP contribution in [0.25, 0.3) is 12.2 Å². The number of ether oxygens (including phenoxy) is 1. The number of allylic oxidation sites excluding steroid dienone is 1. The maximum Gasteiger partial charge on any atom is 0.123 e. The highest BCUT2D eigenvalue weighted by atomic mass is 16.5. The average Bonchev–Trinajstić information content (AvgIpc) is 3.50. The van der Waals surface area contributed by atoms with Gasteiger partial charge in [-0.1, -0.05) is 6.08 Å². The molecule has 5 heteroatoms. The summed E-state index contributed by atoms with van der Waals surface area (Å²) >= 11 is 0. The van der Waals surface area contributed by atoms with Crippen LogP contribution in [0.5, 0.6) is 0 Å². The number of hydrogen-bond donors (Lipinski definition) is 1. The van der Waals surface area contributed by atoms with Crippen molar-refractivity contribution in [3.63, 3.8) is 0 Å². The van der Waals surface area contributed by atoms with Gasteiger partial charge in [0.2, 0.25) is 0 Å². The van der Waals surface area contributed by atoms with Crippen LogP contribution in [0.15, 0.2) is 42.5 Å². The Morgan fingerprint density at radius 1 is 0.914 bits per heavy atom. The molecule has 4 aliphatic rings. The predicted octanol–water partition coefficient (Wildman–Crippen LogP) is 5.83. The van der Waals surface area contributed by atoms with E-state index >= 15 is 0 Å². The molecule has 1 N–H and O–H groups in total. The van der Waals surface area contributed by atoms with E-state index in [9.17, 15) is 5.11 Å². The van der Waals surface area contributed by atoms with Crippen LogP contribution in [0.2, 0.25) is 0 Å². The summed E-state index contributed by atoms with van der Waals surface area (Å²) in [5.74, 6) is 0.355. The molecule has 7 heterocycles. The molecule has 0 saturated carbocycles. The molecule has 1 saturated heterocycles. The molecule has 5 nitrogen and oxygen atoms in total. The fourth-order valence-corrected chi connectivity index (χ4v) is 7.97. The number of fused-ring (bicyclic) bond motifs is 3. The van der Waals surface area contributed by atoms with Crippen molar-refractivity contribution in [1.29, 1.82) is 0 Å². The van der Waals surface area contributed by atoms with Crippen LogP contribution in [0.1, 0.15) is 90.5 Å². The van der Waals surface area contributed by atoms with E-state index in [0.717, 1.165) is 0 Å². The Morgan fingerprint density at radius 2 is 1.60 bits per heavy atom. The normalized spacial score (nSPS) is 34.9. The largest absolute Gasteiger partial charge is 0.390 e. The fraction of sp³-hybridized carbons (Fsp3) is 0.467. The van der Waals surface area contributed by atoms with Crippen LogP contribution < -0.4 is 0 Å². The van der Waals surface area contributed by atoms with E-state index in [0.29, 0.717) is 12.0 Å². The van der Waals surface area contributed by atoms with Crippen LogP contribution in [-0.2, 0) is 4.74 Å². The number of aromatic nitrogens is 3. The van der Waals surface area contributed by atoms with Crippen molar-refractivity contribution in [3.8, 4) is 0 Å². The second-order valence-electron chi connectivity index (χ2n) is 11.3. The molecule has 4 aliphatic heterocycles. The molecular weight excluding hydrogens is 434 g/mol. The van der Waals surface area contributed by atoms with E-state index in [1.54, 1.807) is 0 Å². The lowest BCUT2D eigenvalue weighted by Gasteiger charge is -2.39. The number of rotatable bonds is 2. The Labute approximate surface area is 207 Å². The molecular formula is C30H35N3O2. The number of aryl methyl sites for hydroxylation is 2. The predicted molar refractivity (Wildman–Crippen MR) is 139 cm³/mol. The summed E-state index contributed by atoms with van der Waals surface area (Å²) in [7, 11) is 0. The van der Waals surface area contributed by atoms with Gasteiger partial charge in [0.15, 0.2) is 0 Å². The molecule has 0 aromatic carbocycles. The van der Waals surface area contributed by atoms with Gasteiger partial charge in [0, 0.05) is 46.1 Å². The number of hydrogen-bond acceptors (Lipinski definition) is 2. The van der Waals surface area contributed by atoms with E-state index in [4.69, 9.17) is 4.74 Å². The highest BCUT2D eigenvalue weighted by Crippen LogP contribution is 2.61. The van der Waals surface area contributed by atoms with Crippen LogP contribution in [0.3, 0.4) is 0 Å². The van der Waals surface area contributed by atoms with Gasteiger partial charge in [0.1, 0.15) is 11.7 Å². The van der Waals surface area contributed by atoms with Crippen LogP contribution >= 0.6 is 0 Å². The molecule has 0 radical (unpaired) electrons. The van der Waals surface area contributed by atoms with E-state index in [2.05, 4.69) is 103 Å². The summed E-state index contributed by atoms with van der Waals surface area (Å²) in [4.78, 5) is 0. The summed E-state index contributed by atoms with van der Waals surface area (Å²) < 4.78 is 14.3. The standard InChI is InChI=1S/C30H35N3O2/c1-16-7-9-22-11-12-24(18(3)31(16)22)25-15-26-27-28-29(20(5)33(26)19(25)4)35-30(27,21(6)34)14-13-23-10-8-17(2)32(23)28/h7-15,18,20-21,24,27-29,34H,1-6H3/t18-,20-,21+,24-,27+,28+,29-,30+/m1/s1. The molecule has 0 amide bonds. The van der Waals surface area contributed by atoms with Gasteiger partial charge in [0.05, 0.1) is 24.1 Å². The second-order valence-corrected chi connectivity index (χ2v) is 11.3. The van der Waals surface area contributed by atoms with Gasteiger partial charge in [-0.15, -0.1) is 0 Å². The van der Waals surface area contributed by atoms with E-state index in [1.165, 1.54) is 39.7 Å². The Kier molecular flexibility index (Phi) is 4.26. The molecule has 7 rings (SSSR count). The van der Waals surface area contributed by atoms with Crippen molar-refractivity contribution in [2.45, 2.75) is 89.3 Å². The van der Waals surface area contributed by atoms with Gasteiger partial charge < -0.3 is 23.5 Å². The molecule has 0 aliphatic carbocycles. The van der Waals surface area contributed by atoms with Gasteiger partial charge >= 0.3 is 0 Å². The summed E-state index contributed by atoms with van der Waals surface area (Å²) in [6.07, 6.45) is 8.35. The quantitative estimate of drug-likeness (QED) is 0.513. The average molecular weight is 470 g/mol. The zero-order valence-electron chi connectivity index (χ0n) is 21.4. The molecule has 3 aromatic rings. The maximum atomic E-state index is 11.2. The van der Waals surface area contributed by atoms with Crippen molar-refractivity contribution in [2.24, 2.45) is 0 Å². The highest BCUT2D eigenvalue weighted by Gasteiger charge is 2.63. The third-order valence-electron chi connectivity index (χ3n) is 9.60. The molecule has 4 bridgehead atoms. The molecule has 0 spiro atoms. The lowest BCUT2D eigenvalue weighted by molar-refractivity contribution is -0.0905. The maximum absolute atomic E-state index is 11.2. The zero-order chi connectivity index (χ0) is 24.4. The molecule has 8 atom stereocenters. The summed E-state index contributed by atoms with van der Waals surface area (Å²) in [6, 6.07) is 12.0. The molecule has 3 aromatic heterocycles. The van der Waals surface area contributed by atoms with Crippen molar-refractivity contribution >= 4 is 12.2 Å². The first-order chi connectivity index (χ1) is 16.7. The van der Waals surface area contributed by atoms with Crippen LogP contribution in [0.4, 0.5) is 0 Å². The topological polar surface area (TPSA) is 44.2 Å². The lowest BCUT2D eigenvalue weighted by Crippen LogP contribution is -2.44. The fourth-order valence-electron chi connectivity index (χ4n) is 7.97. The molecule has 1 fully saturated rings. The summed E-state index contributed by atoms with van der Waals surface area (Å²) in [5.41, 5.74) is 8.34. The van der Waals surface area contributed by atoms with Crippen molar-refractivity contribution in [1.82, 2.24) is 13.7 Å². The van der Waals surface area contributed by atoms with Gasteiger partial charge in [-0.3, -0.25) is 0 Å². The van der Waals surface area contributed by atoms with E-state index in [-0.39, 0.29) is 24.1 Å². The first kappa shape index (κ1) is 21.5. The Hall–Kier alpha value is -2.76. The third-order valence-corrected chi connectivity index (χ3v) is 9.60. The monoisotopic (exact) mass is 469 g/mol. The van der Waals surface area contributed by atoms with Gasteiger partial charge in [-0.05, 0) is 95.7 Å². The molecule has 182 valence electrons. The van der Waals surface area contributed by atoms with Gasteiger partial charge in [-0.25, -0.2) is 0 Å². The first-order valence-electron chi connectivity index (χ1n) is 13.0. The van der Waals surface area contributed by atoms with Gasteiger partial charge in [0.25, 0.3) is 0 Å². The Bertz CT molecular complexity index is 1420. The Morgan fingerprint density at radius 3 is 2.31 bits per heavy atom. The molecule has 35 heavy (non-hydrogen) atoms. The van der Waals surface area contributed by atoms with Gasteiger partial charge in [-0.2, -0.15) is 0 Å².